The number of hydrogen-bond donors (Lipinski definition) is 3. The summed E-state index contributed by atoms with van der Waals surface area (Å²) >= 11 is 0. The SMILES string of the molecule is COc1cc(CC(C)(C)O)cc(NC(=O)OC(C)(C)C)c1O. The largest absolute Gasteiger partial charge is 0.503 e. The highest BCUT2D eigenvalue weighted by molar-refractivity contribution is 5.88. The van der Waals surface area contributed by atoms with Crippen LogP contribution in [0.25, 0.3) is 0 Å². The second kappa shape index (κ2) is 6.44. The van der Waals surface area contributed by atoms with Gasteiger partial charge in [-0.3, -0.25) is 5.32 Å². The van der Waals surface area contributed by atoms with Crippen molar-refractivity contribution in [2.24, 2.45) is 0 Å². The Kier molecular flexibility index (Phi) is 5.30. The van der Waals surface area contributed by atoms with Crippen LogP contribution in [0.5, 0.6) is 11.5 Å². The average molecular weight is 311 g/mol. The van der Waals surface area contributed by atoms with E-state index in [1.807, 2.05) is 0 Å². The third kappa shape index (κ3) is 5.81. The van der Waals surface area contributed by atoms with Gasteiger partial charge in [-0.15, -0.1) is 0 Å². The molecule has 0 aliphatic heterocycles. The maximum atomic E-state index is 11.8. The molecule has 0 unspecified atom stereocenters. The summed E-state index contributed by atoms with van der Waals surface area (Å²) in [6.45, 7) is 8.59. The smallest absolute Gasteiger partial charge is 0.412 e. The van der Waals surface area contributed by atoms with E-state index in [2.05, 4.69) is 5.32 Å². The minimum atomic E-state index is -0.925. The maximum absolute atomic E-state index is 11.8. The molecule has 0 saturated heterocycles. The molecule has 1 aromatic carbocycles. The van der Waals surface area contributed by atoms with Gasteiger partial charge in [-0.2, -0.15) is 0 Å². The van der Waals surface area contributed by atoms with Crippen molar-refractivity contribution < 1.29 is 24.5 Å². The Bertz CT molecular complexity index is 541. The number of phenols is 1. The quantitative estimate of drug-likeness (QED) is 0.744. The van der Waals surface area contributed by atoms with Gasteiger partial charge in [0.05, 0.1) is 18.4 Å². The number of methoxy groups -OCH3 is 1. The predicted octanol–water partition coefficient (Wildman–Crippen LogP) is 3.06. The fraction of sp³-hybridized carbons (Fsp3) is 0.562. The van der Waals surface area contributed by atoms with E-state index in [1.165, 1.54) is 7.11 Å². The molecule has 0 spiro atoms. The Morgan fingerprint density at radius 1 is 1.23 bits per heavy atom. The highest BCUT2D eigenvalue weighted by Crippen LogP contribution is 2.36. The van der Waals surface area contributed by atoms with Crippen LogP contribution in [0.4, 0.5) is 10.5 Å². The summed E-state index contributed by atoms with van der Waals surface area (Å²) in [7, 11) is 1.42. The molecular weight excluding hydrogens is 286 g/mol. The number of carbonyl (C=O) groups excluding carboxylic acids is 1. The van der Waals surface area contributed by atoms with E-state index >= 15 is 0 Å². The van der Waals surface area contributed by atoms with Gasteiger partial charge >= 0.3 is 6.09 Å². The summed E-state index contributed by atoms with van der Waals surface area (Å²) in [5.41, 5.74) is -0.680. The molecule has 0 aliphatic carbocycles. The van der Waals surface area contributed by atoms with Crippen LogP contribution in [0.1, 0.15) is 40.2 Å². The van der Waals surface area contributed by atoms with Crippen LogP contribution in [0.2, 0.25) is 0 Å². The molecule has 1 aromatic rings. The van der Waals surface area contributed by atoms with Crippen LogP contribution in [0.15, 0.2) is 12.1 Å². The Morgan fingerprint density at radius 3 is 2.27 bits per heavy atom. The van der Waals surface area contributed by atoms with Crippen LogP contribution in [-0.4, -0.2) is 34.6 Å². The lowest BCUT2D eigenvalue weighted by Gasteiger charge is -2.21. The van der Waals surface area contributed by atoms with Gasteiger partial charge < -0.3 is 19.7 Å². The molecule has 6 heteroatoms. The van der Waals surface area contributed by atoms with Gasteiger partial charge in [0, 0.05) is 6.42 Å². The van der Waals surface area contributed by atoms with Gasteiger partial charge in [-0.05, 0) is 52.3 Å². The molecule has 0 bridgehead atoms. The topological polar surface area (TPSA) is 88.0 Å². The summed E-state index contributed by atoms with van der Waals surface area (Å²) in [5, 5.41) is 22.5. The van der Waals surface area contributed by atoms with Crippen molar-refractivity contribution in [2.75, 3.05) is 12.4 Å². The van der Waals surface area contributed by atoms with Crippen molar-refractivity contribution >= 4 is 11.8 Å². The molecule has 0 fully saturated rings. The number of hydrogen-bond acceptors (Lipinski definition) is 5. The minimum absolute atomic E-state index is 0.174. The van der Waals surface area contributed by atoms with Crippen LogP contribution in [-0.2, 0) is 11.2 Å². The number of anilines is 1. The van der Waals surface area contributed by atoms with Crippen LogP contribution < -0.4 is 10.1 Å². The average Bonchev–Trinajstić information content (AvgIpc) is 2.28. The van der Waals surface area contributed by atoms with E-state index in [4.69, 9.17) is 9.47 Å². The summed E-state index contributed by atoms with van der Waals surface area (Å²) < 4.78 is 10.3. The van der Waals surface area contributed by atoms with E-state index in [-0.39, 0.29) is 17.2 Å². The summed E-state index contributed by atoms with van der Waals surface area (Å²) in [6.07, 6.45) is -0.336. The molecule has 6 nitrogen and oxygen atoms in total. The molecule has 0 radical (unpaired) electrons. The maximum Gasteiger partial charge on any atom is 0.412 e. The van der Waals surface area contributed by atoms with Crippen molar-refractivity contribution in [2.45, 2.75) is 52.2 Å². The lowest BCUT2D eigenvalue weighted by atomic mass is 9.98. The van der Waals surface area contributed by atoms with Crippen LogP contribution in [0, 0.1) is 0 Å². The zero-order valence-electron chi connectivity index (χ0n) is 14.0. The molecule has 1 amide bonds. The lowest BCUT2D eigenvalue weighted by molar-refractivity contribution is 0.0635. The first kappa shape index (κ1) is 18.1. The highest BCUT2D eigenvalue weighted by Gasteiger charge is 2.21. The fourth-order valence-corrected chi connectivity index (χ4v) is 1.93. The van der Waals surface area contributed by atoms with Gasteiger partial charge in [0.2, 0.25) is 0 Å². The normalized spacial score (nSPS) is 12.0. The Morgan fingerprint density at radius 2 is 1.82 bits per heavy atom. The van der Waals surface area contributed by atoms with Gasteiger partial charge in [0.15, 0.2) is 11.5 Å². The van der Waals surface area contributed by atoms with Crippen molar-refractivity contribution in [1.29, 1.82) is 0 Å². The number of ether oxygens (including phenoxy) is 2. The number of benzene rings is 1. The predicted molar refractivity (Wildman–Crippen MR) is 84.5 cm³/mol. The third-order valence-electron chi connectivity index (χ3n) is 2.63. The number of phenolic OH excluding ortho intramolecular Hbond substituents is 1. The van der Waals surface area contributed by atoms with Crippen molar-refractivity contribution in [3.05, 3.63) is 17.7 Å². The molecule has 22 heavy (non-hydrogen) atoms. The minimum Gasteiger partial charge on any atom is -0.503 e. The molecule has 3 N–H and O–H groups in total. The standard InChI is InChI=1S/C16H25NO5/c1-15(2,3)22-14(19)17-11-7-10(9-16(4,5)20)8-12(21-6)13(11)18/h7-8,18,20H,9H2,1-6H3,(H,17,19). The lowest BCUT2D eigenvalue weighted by Crippen LogP contribution is -2.27. The number of nitrogens with one attached hydrogen (secondary N) is 1. The number of rotatable bonds is 4. The molecule has 1 rings (SSSR count). The zero-order valence-corrected chi connectivity index (χ0v) is 14.0. The third-order valence-corrected chi connectivity index (χ3v) is 2.63. The number of amides is 1. The van der Waals surface area contributed by atoms with Crippen molar-refractivity contribution in [1.82, 2.24) is 0 Å². The summed E-state index contributed by atoms with van der Waals surface area (Å²) in [4.78, 5) is 11.8. The second-order valence-electron chi connectivity index (χ2n) is 6.81. The van der Waals surface area contributed by atoms with Gasteiger partial charge in [-0.1, -0.05) is 0 Å². The second-order valence-corrected chi connectivity index (χ2v) is 6.81. The van der Waals surface area contributed by atoms with E-state index < -0.39 is 17.3 Å². The van der Waals surface area contributed by atoms with E-state index in [1.54, 1.807) is 46.8 Å². The molecule has 0 saturated carbocycles. The first-order valence-corrected chi connectivity index (χ1v) is 7.03. The summed E-state index contributed by atoms with van der Waals surface area (Å²) in [6, 6.07) is 3.20. The number of aliphatic hydroxyl groups is 1. The summed E-state index contributed by atoms with van der Waals surface area (Å²) in [5.74, 6) is 0.0284. The first-order chi connectivity index (χ1) is 9.91. The van der Waals surface area contributed by atoms with E-state index in [0.29, 0.717) is 12.0 Å². The Balaban J connectivity index is 3.07. The molecule has 0 aromatic heterocycles. The molecule has 0 aliphatic rings. The number of carbonyl (C=O) groups is 1. The van der Waals surface area contributed by atoms with Gasteiger partial charge in [0.1, 0.15) is 5.60 Å². The Labute approximate surface area is 131 Å². The first-order valence-electron chi connectivity index (χ1n) is 7.03. The number of aromatic hydroxyl groups is 1. The molecule has 0 atom stereocenters. The van der Waals surface area contributed by atoms with E-state index in [0.717, 1.165) is 0 Å². The van der Waals surface area contributed by atoms with Crippen molar-refractivity contribution in [3.63, 3.8) is 0 Å². The monoisotopic (exact) mass is 311 g/mol. The molecular formula is C16H25NO5. The van der Waals surface area contributed by atoms with Crippen LogP contribution in [0.3, 0.4) is 0 Å². The van der Waals surface area contributed by atoms with Gasteiger partial charge in [-0.25, -0.2) is 4.79 Å². The molecule has 0 heterocycles. The zero-order chi connectivity index (χ0) is 17.1. The van der Waals surface area contributed by atoms with Gasteiger partial charge in [0.25, 0.3) is 0 Å². The highest BCUT2D eigenvalue weighted by atomic mass is 16.6. The van der Waals surface area contributed by atoms with Crippen molar-refractivity contribution in [3.8, 4) is 11.5 Å². The van der Waals surface area contributed by atoms with E-state index in [9.17, 15) is 15.0 Å². The Hall–Kier alpha value is -1.95. The fourth-order valence-electron chi connectivity index (χ4n) is 1.93. The molecule has 124 valence electrons. The van der Waals surface area contributed by atoms with Crippen LogP contribution >= 0.6 is 0 Å².